The van der Waals surface area contributed by atoms with E-state index >= 15 is 0 Å². The van der Waals surface area contributed by atoms with E-state index in [-0.39, 0.29) is 5.56 Å². The molecule has 2 heterocycles. The zero-order valence-electron chi connectivity index (χ0n) is 7.03. The molecule has 0 aliphatic carbocycles. The van der Waals surface area contributed by atoms with Gasteiger partial charge in [0.15, 0.2) is 5.82 Å². The number of aromatic amines is 1. The summed E-state index contributed by atoms with van der Waals surface area (Å²) in [5, 5.41) is 2.73. The van der Waals surface area contributed by atoms with E-state index in [1.165, 1.54) is 6.21 Å². The second kappa shape index (κ2) is 2.67. The molecule has 0 amide bonds. The van der Waals surface area contributed by atoms with Crippen molar-refractivity contribution in [2.24, 2.45) is 10.7 Å². The molecule has 1 aromatic heterocycles. The van der Waals surface area contributed by atoms with E-state index in [0.29, 0.717) is 17.3 Å². The predicted octanol–water partition coefficient (Wildman–Crippen LogP) is -0.473. The fourth-order valence-electron chi connectivity index (χ4n) is 1.21. The molecule has 0 radical (unpaired) electrons. The lowest BCUT2D eigenvalue weighted by atomic mass is 10.2. The summed E-state index contributed by atoms with van der Waals surface area (Å²) in [4.78, 5) is 21.9. The summed E-state index contributed by atoms with van der Waals surface area (Å²) in [7, 11) is 1.67. The van der Waals surface area contributed by atoms with Crippen molar-refractivity contribution in [1.29, 1.82) is 0 Å². The molecule has 0 spiro atoms. The number of nitrogens with one attached hydrogen (secondary N) is 2. The predicted molar refractivity (Wildman–Crippen MR) is 49.5 cm³/mol. The van der Waals surface area contributed by atoms with Gasteiger partial charge in [0.25, 0.3) is 5.56 Å². The lowest BCUT2D eigenvalue weighted by Crippen LogP contribution is -2.21. The van der Waals surface area contributed by atoms with Crippen LogP contribution in [0.2, 0.25) is 0 Å². The van der Waals surface area contributed by atoms with Crippen molar-refractivity contribution in [3.8, 4) is 0 Å². The van der Waals surface area contributed by atoms with Crippen molar-refractivity contribution >= 4 is 18.0 Å². The summed E-state index contributed by atoms with van der Waals surface area (Å²) < 4.78 is 0. The van der Waals surface area contributed by atoms with Crippen LogP contribution < -0.4 is 16.6 Å². The van der Waals surface area contributed by atoms with Crippen LogP contribution in [0.15, 0.2) is 9.79 Å². The fourth-order valence-corrected chi connectivity index (χ4v) is 1.21. The molecular weight excluding hydrogens is 170 g/mol. The van der Waals surface area contributed by atoms with E-state index in [0.717, 1.165) is 0 Å². The maximum absolute atomic E-state index is 11.4. The van der Waals surface area contributed by atoms with E-state index in [1.807, 2.05) is 0 Å². The molecule has 0 bridgehead atoms. The van der Waals surface area contributed by atoms with Gasteiger partial charge in [0.05, 0.1) is 11.6 Å². The van der Waals surface area contributed by atoms with Gasteiger partial charge in [-0.1, -0.05) is 0 Å². The van der Waals surface area contributed by atoms with Crippen molar-refractivity contribution in [2.45, 2.75) is 6.04 Å². The van der Waals surface area contributed by atoms with Gasteiger partial charge < -0.3 is 11.1 Å². The summed E-state index contributed by atoms with van der Waals surface area (Å²) in [6.45, 7) is 0. The minimum absolute atomic E-state index is 0.237. The average molecular weight is 179 g/mol. The summed E-state index contributed by atoms with van der Waals surface area (Å²) in [5.41, 5.74) is 5.80. The van der Waals surface area contributed by atoms with E-state index in [1.54, 1.807) is 7.05 Å². The molecule has 0 saturated heterocycles. The number of hydrogen-bond donors (Lipinski definition) is 3. The minimum Gasteiger partial charge on any atom is -0.359 e. The number of aromatic nitrogens is 2. The van der Waals surface area contributed by atoms with Crippen molar-refractivity contribution in [3.63, 3.8) is 0 Å². The van der Waals surface area contributed by atoms with Gasteiger partial charge in [0.1, 0.15) is 0 Å². The molecule has 1 atom stereocenters. The molecule has 13 heavy (non-hydrogen) atoms. The molecule has 0 fully saturated rings. The highest BCUT2D eigenvalue weighted by Gasteiger charge is 2.20. The highest BCUT2D eigenvalue weighted by molar-refractivity contribution is 5.78. The fraction of sp³-hybridized carbons (Fsp3) is 0.286. The zero-order chi connectivity index (χ0) is 9.42. The van der Waals surface area contributed by atoms with Crippen LogP contribution in [0, 0.1) is 0 Å². The van der Waals surface area contributed by atoms with E-state index < -0.39 is 6.04 Å². The Hall–Kier alpha value is -1.69. The Morgan fingerprint density at radius 1 is 1.69 bits per heavy atom. The van der Waals surface area contributed by atoms with Gasteiger partial charge in [0.2, 0.25) is 5.95 Å². The molecule has 1 aliphatic heterocycles. The number of nitrogens with zero attached hydrogens (tertiary/aromatic N) is 2. The maximum Gasteiger partial charge on any atom is 0.259 e. The molecule has 4 N–H and O–H groups in total. The molecule has 1 aromatic rings. The first-order chi connectivity index (χ1) is 6.22. The monoisotopic (exact) mass is 179 g/mol. The quantitative estimate of drug-likeness (QED) is 0.542. The largest absolute Gasteiger partial charge is 0.359 e. The summed E-state index contributed by atoms with van der Waals surface area (Å²) in [6, 6.07) is -0.433. The van der Waals surface area contributed by atoms with E-state index in [2.05, 4.69) is 20.3 Å². The Bertz CT molecular complexity index is 421. The SMILES string of the molecule is CNc1nc2c(c(=O)[nH]1)C(N)C=N2. The second-order valence-corrected chi connectivity index (χ2v) is 2.71. The van der Waals surface area contributed by atoms with Gasteiger partial charge in [0, 0.05) is 13.3 Å². The van der Waals surface area contributed by atoms with Crippen LogP contribution in [-0.2, 0) is 0 Å². The van der Waals surface area contributed by atoms with Crippen LogP contribution in [0.1, 0.15) is 11.6 Å². The highest BCUT2D eigenvalue weighted by Crippen LogP contribution is 2.23. The number of rotatable bonds is 1. The Labute approximate surface area is 73.9 Å². The van der Waals surface area contributed by atoms with Gasteiger partial charge in [-0.2, -0.15) is 4.98 Å². The number of fused-ring (bicyclic) bond motifs is 1. The third kappa shape index (κ3) is 1.11. The first-order valence-corrected chi connectivity index (χ1v) is 3.84. The topological polar surface area (TPSA) is 96.2 Å². The Morgan fingerprint density at radius 2 is 2.46 bits per heavy atom. The molecule has 1 unspecified atom stereocenters. The average Bonchev–Trinajstić information content (AvgIpc) is 2.48. The van der Waals surface area contributed by atoms with Crippen LogP contribution in [0.25, 0.3) is 0 Å². The zero-order valence-corrected chi connectivity index (χ0v) is 7.03. The summed E-state index contributed by atoms with van der Waals surface area (Å²) in [5.74, 6) is 0.801. The normalized spacial score (nSPS) is 18.8. The van der Waals surface area contributed by atoms with Gasteiger partial charge in [-0.15, -0.1) is 0 Å². The summed E-state index contributed by atoms with van der Waals surface area (Å²) >= 11 is 0. The van der Waals surface area contributed by atoms with Crippen LogP contribution in [-0.4, -0.2) is 23.2 Å². The van der Waals surface area contributed by atoms with Crippen LogP contribution >= 0.6 is 0 Å². The maximum atomic E-state index is 11.4. The molecule has 1 aliphatic rings. The number of nitrogens with two attached hydrogens (primary N) is 1. The van der Waals surface area contributed by atoms with E-state index in [9.17, 15) is 4.79 Å². The lowest BCUT2D eigenvalue weighted by Gasteiger charge is -2.02. The molecule has 6 nitrogen and oxygen atoms in total. The Balaban J connectivity index is 2.65. The van der Waals surface area contributed by atoms with E-state index in [4.69, 9.17) is 5.73 Å². The molecular formula is C7H9N5O. The molecule has 6 heteroatoms. The number of hydrogen-bond acceptors (Lipinski definition) is 5. The number of H-pyrrole nitrogens is 1. The van der Waals surface area contributed by atoms with Crippen LogP contribution in [0.3, 0.4) is 0 Å². The van der Waals surface area contributed by atoms with Gasteiger partial charge in [-0.25, -0.2) is 4.99 Å². The third-order valence-corrected chi connectivity index (χ3v) is 1.86. The van der Waals surface area contributed by atoms with Gasteiger partial charge in [-0.3, -0.25) is 9.78 Å². The first kappa shape index (κ1) is 7.93. The van der Waals surface area contributed by atoms with Crippen molar-refractivity contribution < 1.29 is 0 Å². The number of anilines is 1. The van der Waals surface area contributed by atoms with Crippen LogP contribution in [0.4, 0.5) is 11.8 Å². The standard InChI is InChI=1S/C7H9N5O/c1-9-7-11-5-4(6(13)12-7)3(8)2-10-5/h2-3H,8H2,1H3,(H2,9,11,12,13). The molecule has 2 rings (SSSR count). The molecule has 0 aromatic carbocycles. The van der Waals surface area contributed by atoms with Gasteiger partial charge >= 0.3 is 0 Å². The minimum atomic E-state index is -0.433. The number of aliphatic imine (C=N–C) groups is 1. The van der Waals surface area contributed by atoms with Crippen LogP contribution in [0.5, 0.6) is 0 Å². The second-order valence-electron chi connectivity index (χ2n) is 2.71. The van der Waals surface area contributed by atoms with Gasteiger partial charge in [-0.05, 0) is 0 Å². The molecule has 0 saturated carbocycles. The molecule has 68 valence electrons. The Kier molecular flexibility index (Phi) is 1.63. The van der Waals surface area contributed by atoms with Crippen molar-refractivity contribution in [1.82, 2.24) is 9.97 Å². The van der Waals surface area contributed by atoms with Crippen molar-refractivity contribution in [2.75, 3.05) is 12.4 Å². The highest BCUT2D eigenvalue weighted by atomic mass is 16.1. The smallest absolute Gasteiger partial charge is 0.259 e. The Morgan fingerprint density at radius 3 is 3.15 bits per heavy atom. The third-order valence-electron chi connectivity index (χ3n) is 1.86. The first-order valence-electron chi connectivity index (χ1n) is 3.84. The lowest BCUT2D eigenvalue weighted by molar-refractivity contribution is 0.951. The summed E-state index contributed by atoms with van der Waals surface area (Å²) in [6.07, 6.45) is 1.51. The van der Waals surface area contributed by atoms with Crippen molar-refractivity contribution in [3.05, 3.63) is 15.9 Å².